The van der Waals surface area contributed by atoms with Gasteiger partial charge in [-0.25, -0.2) is 0 Å². The second-order valence-corrected chi connectivity index (χ2v) is 6.87. The van der Waals surface area contributed by atoms with Crippen molar-refractivity contribution in [3.05, 3.63) is 82.9 Å². The SMILES string of the molecule is O=C(NCC[C@H](O)c1cccc2ccccc12)C(=O)NCc1ccc(Cl)cc1. The molecule has 0 bridgehead atoms. The summed E-state index contributed by atoms with van der Waals surface area (Å²) in [6.45, 7) is 0.430. The molecule has 0 aliphatic heterocycles. The van der Waals surface area contributed by atoms with Crippen molar-refractivity contribution in [2.75, 3.05) is 6.54 Å². The number of aliphatic hydroxyl groups excluding tert-OH is 1. The Morgan fingerprint density at radius 3 is 2.36 bits per heavy atom. The summed E-state index contributed by atoms with van der Waals surface area (Å²) in [6, 6.07) is 20.6. The van der Waals surface area contributed by atoms with E-state index in [0.29, 0.717) is 11.4 Å². The van der Waals surface area contributed by atoms with E-state index in [1.807, 2.05) is 42.5 Å². The molecule has 0 heterocycles. The Morgan fingerprint density at radius 1 is 0.893 bits per heavy atom. The first kappa shape index (κ1) is 19.9. The number of amides is 2. The molecule has 3 aromatic rings. The quantitative estimate of drug-likeness (QED) is 0.559. The zero-order chi connectivity index (χ0) is 19.9. The monoisotopic (exact) mass is 396 g/mol. The molecule has 0 fully saturated rings. The van der Waals surface area contributed by atoms with Crippen LogP contribution in [0.4, 0.5) is 0 Å². The molecule has 2 amide bonds. The van der Waals surface area contributed by atoms with E-state index in [2.05, 4.69) is 10.6 Å². The molecular formula is C22H21ClN2O3. The van der Waals surface area contributed by atoms with Crippen molar-refractivity contribution in [3.63, 3.8) is 0 Å². The summed E-state index contributed by atoms with van der Waals surface area (Å²) in [5.74, 6) is -1.44. The highest BCUT2D eigenvalue weighted by molar-refractivity contribution is 6.35. The van der Waals surface area contributed by atoms with E-state index < -0.39 is 17.9 Å². The van der Waals surface area contributed by atoms with Crippen LogP contribution in [0, 0.1) is 0 Å². The van der Waals surface area contributed by atoms with Crippen LogP contribution in [-0.4, -0.2) is 23.5 Å². The van der Waals surface area contributed by atoms with Crippen LogP contribution in [0.25, 0.3) is 10.8 Å². The Balaban J connectivity index is 1.47. The Bertz CT molecular complexity index is 968. The van der Waals surface area contributed by atoms with Gasteiger partial charge in [0.15, 0.2) is 0 Å². The molecular weight excluding hydrogens is 376 g/mol. The Labute approximate surface area is 168 Å². The number of halogens is 1. The van der Waals surface area contributed by atoms with Gasteiger partial charge in [-0.15, -0.1) is 0 Å². The molecule has 0 aliphatic rings. The first-order valence-corrected chi connectivity index (χ1v) is 9.38. The average molecular weight is 397 g/mol. The number of nitrogens with one attached hydrogen (secondary N) is 2. The lowest BCUT2D eigenvalue weighted by Gasteiger charge is -2.14. The molecule has 0 aromatic heterocycles. The minimum atomic E-state index is -0.733. The van der Waals surface area contributed by atoms with Crippen LogP contribution >= 0.6 is 11.6 Å². The number of hydrogen-bond acceptors (Lipinski definition) is 3. The third kappa shape index (κ3) is 5.09. The zero-order valence-corrected chi connectivity index (χ0v) is 15.9. The Morgan fingerprint density at radius 2 is 1.57 bits per heavy atom. The summed E-state index contributed by atoms with van der Waals surface area (Å²) >= 11 is 5.81. The molecule has 0 spiro atoms. The molecule has 144 valence electrons. The van der Waals surface area contributed by atoms with E-state index in [-0.39, 0.29) is 13.1 Å². The van der Waals surface area contributed by atoms with Gasteiger partial charge in [0, 0.05) is 18.1 Å². The molecule has 0 saturated carbocycles. The molecule has 3 rings (SSSR count). The fraction of sp³-hybridized carbons (Fsp3) is 0.182. The number of hydrogen-bond donors (Lipinski definition) is 3. The Kier molecular flexibility index (Phi) is 6.63. The summed E-state index contributed by atoms with van der Waals surface area (Å²) in [5.41, 5.74) is 1.65. The second kappa shape index (κ2) is 9.35. The number of aliphatic hydroxyl groups is 1. The van der Waals surface area contributed by atoms with Crippen LogP contribution in [0.5, 0.6) is 0 Å². The minimum Gasteiger partial charge on any atom is -0.388 e. The van der Waals surface area contributed by atoms with Gasteiger partial charge in [0.1, 0.15) is 0 Å². The predicted molar refractivity (Wildman–Crippen MR) is 110 cm³/mol. The van der Waals surface area contributed by atoms with Crippen molar-refractivity contribution >= 4 is 34.2 Å². The highest BCUT2D eigenvalue weighted by Crippen LogP contribution is 2.25. The van der Waals surface area contributed by atoms with Gasteiger partial charge in [0.2, 0.25) is 0 Å². The minimum absolute atomic E-state index is 0.192. The molecule has 1 atom stereocenters. The maximum Gasteiger partial charge on any atom is 0.309 e. The number of carbonyl (C=O) groups excluding carboxylic acids is 2. The summed E-state index contributed by atoms with van der Waals surface area (Å²) in [5, 5.41) is 18.2. The van der Waals surface area contributed by atoms with Gasteiger partial charge in [-0.2, -0.15) is 0 Å². The van der Waals surface area contributed by atoms with E-state index in [1.165, 1.54) is 0 Å². The van der Waals surface area contributed by atoms with Crippen molar-refractivity contribution in [2.45, 2.75) is 19.1 Å². The fourth-order valence-electron chi connectivity index (χ4n) is 2.96. The molecule has 3 N–H and O–H groups in total. The van der Waals surface area contributed by atoms with Crippen LogP contribution in [0.3, 0.4) is 0 Å². The summed E-state index contributed by atoms with van der Waals surface area (Å²) < 4.78 is 0. The van der Waals surface area contributed by atoms with E-state index in [4.69, 9.17) is 11.6 Å². The molecule has 0 unspecified atom stereocenters. The van der Waals surface area contributed by atoms with Crippen LogP contribution in [-0.2, 0) is 16.1 Å². The number of fused-ring (bicyclic) bond motifs is 1. The summed E-state index contributed by atoms with van der Waals surface area (Å²) in [6.07, 6.45) is -0.423. The molecule has 0 aliphatic carbocycles. The van der Waals surface area contributed by atoms with Gasteiger partial charge in [0.25, 0.3) is 0 Å². The summed E-state index contributed by atoms with van der Waals surface area (Å²) in [7, 11) is 0. The summed E-state index contributed by atoms with van der Waals surface area (Å²) in [4.78, 5) is 23.8. The lowest BCUT2D eigenvalue weighted by atomic mass is 9.99. The topological polar surface area (TPSA) is 78.4 Å². The largest absolute Gasteiger partial charge is 0.388 e. The van der Waals surface area contributed by atoms with Crippen molar-refractivity contribution in [1.82, 2.24) is 10.6 Å². The highest BCUT2D eigenvalue weighted by Gasteiger charge is 2.15. The van der Waals surface area contributed by atoms with Gasteiger partial charge in [0.05, 0.1) is 6.10 Å². The van der Waals surface area contributed by atoms with E-state index in [0.717, 1.165) is 21.9 Å². The normalized spacial score (nSPS) is 11.8. The maximum absolute atomic E-state index is 11.9. The Hall–Kier alpha value is -2.89. The average Bonchev–Trinajstić information content (AvgIpc) is 2.72. The molecule has 3 aromatic carbocycles. The van der Waals surface area contributed by atoms with Gasteiger partial charge in [-0.1, -0.05) is 66.2 Å². The van der Waals surface area contributed by atoms with Gasteiger partial charge in [-0.3, -0.25) is 9.59 Å². The highest BCUT2D eigenvalue weighted by atomic mass is 35.5. The predicted octanol–water partition coefficient (Wildman–Crippen LogP) is 3.35. The number of carbonyl (C=O) groups is 2. The number of benzene rings is 3. The first-order valence-electron chi connectivity index (χ1n) is 9.01. The van der Waals surface area contributed by atoms with Crippen molar-refractivity contribution in [2.24, 2.45) is 0 Å². The molecule has 0 saturated heterocycles. The van der Waals surface area contributed by atoms with Gasteiger partial charge in [-0.05, 0) is 40.5 Å². The van der Waals surface area contributed by atoms with E-state index >= 15 is 0 Å². The van der Waals surface area contributed by atoms with Crippen LogP contribution in [0.1, 0.15) is 23.7 Å². The zero-order valence-electron chi connectivity index (χ0n) is 15.2. The van der Waals surface area contributed by atoms with Gasteiger partial charge >= 0.3 is 11.8 Å². The van der Waals surface area contributed by atoms with Crippen molar-refractivity contribution < 1.29 is 14.7 Å². The molecule has 0 radical (unpaired) electrons. The van der Waals surface area contributed by atoms with E-state index in [1.54, 1.807) is 24.3 Å². The van der Waals surface area contributed by atoms with E-state index in [9.17, 15) is 14.7 Å². The molecule has 5 nitrogen and oxygen atoms in total. The van der Waals surface area contributed by atoms with Crippen molar-refractivity contribution in [3.8, 4) is 0 Å². The van der Waals surface area contributed by atoms with Crippen molar-refractivity contribution in [1.29, 1.82) is 0 Å². The standard InChI is InChI=1S/C22H21ClN2O3/c23-17-10-8-15(9-11-17)14-25-22(28)21(27)24-13-12-20(26)19-7-3-5-16-4-1-2-6-18(16)19/h1-11,20,26H,12-14H2,(H,24,27)(H,25,28)/t20-/m0/s1. The third-order valence-electron chi connectivity index (χ3n) is 4.46. The van der Waals surface area contributed by atoms with Gasteiger partial charge < -0.3 is 15.7 Å². The smallest absolute Gasteiger partial charge is 0.309 e. The molecule has 6 heteroatoms. The molecule has 28 heavy (non-hydrogen) atoms. The third-order valence-corrected chi connectivity index (χ3v) is 4.71. The maximum atomic E-state index is 11.9. The lowest BCUT2D eigenvalue weighted by molar-refractivity contribution is -0.139. The first-order chi connectivity index (χ1) is 13.5. The lowest BCUT2D eigenvalue weighted by Crippen LogP contribution is -2.40. The van der Waals surface area contributed by atoms with Crippen LogP contribution in [0.15, 0.2) is 66.7 Å². The fourth-order valence-corrected chi connectivity index (χ4v) is 3.09. The van der Waals surface area contributed by atoms with Crippen LogP contribution in [0.2, 0.25) is 5.02 Å². The number of rotatable bonds is 6. The second-order valence-electron chi connectivity index (χ2n) is 6.44. The van der Waals surface area contributed by atoms with Crippen LogP contribution < -0.4 is 10.6 Å².